The Morgan fingerprint density at radius 3 is 2.31 bits per heavy atom. The number of carbonyl (C=O) groups is 2. The van der Waals surface area contributed by atoms with Gasteiger partial charge in [0.2, 0.25) is 5.91 Å². The number of benzene rings is 2. The van der Waals surface area contributed by atoms with Crippen LogP contribution >= 0.6 is 11.6 Å². The van der Waals surface area contributed by atoms with Crippen LogP contribution < -0.4 is 10.2 Å². The standard InChI is InChI=1S/C24H26ClF2N3O5/c25-17-11-14(1-6-18(17)27)24(34)28-13-20-23(33)22(32)19(35-20)12-21(31)30-9-7-29(8-10-30)16-4-2-15(26)3-5-16/h1-6,11,19-20,22-23,32-33H,7-10,12-13H2,(H,28,34). The highest BCUT2D eigenvalue weighted by Crippen LogP contribution is 2.25. The summed E-state index contributed by atoms with van der Waals surface area (Å²) in [5, 5.41) is 23.1. The molecule has 2 aromatic rings. The Bertz CT molecular complexity index is 1070. The van der Waals surface area contributed by atoms with Crippen molar-refractivity contribution in [2.45, 2.75) is 30.8 Å². The van der Waals surface area contributed by atoms with Crippen molar-refractivity contribution in [3.8, 4) is 0 Å². The number of ether oxygens (including phenoxy) is 1. The number of nitrogens with one attached hydrogen (secondary N) is 1. The van der Waals surface area contributed by atoms with Crippen LogP contribution in [-0.4, -0.2) is 84.1 Å². The molecule has 4 rings (SSSR count). The Morgan fingerprint density at radius 1 is 1.00 bits per heavy atom. The second-order valence-corrected chi connectivity index (χ2v) is 8.99. The number of halogens is 3. The molecule has 35 heavy (non-hydrogen) atoms. The summed E-state index contributed by atoms with van der Waals surface area (Å²) >= 11 is 5.70. The van der Waals surface area contributed by atoms with Crippen molar-refractivity contribution in [3.63, 3.8) is 0 Å². The van der Waals surface area contributed by atoms with Gasteiger partial charge in [-0.15, -0.1) is 0 Å². The van der Waals surface area contributed by atoms with Gasteiger partial charge in [-0.25, -0.2) is 8.78 Å². The molecule has 2 aromatic carbocycles. The number of aliphatic hydroxyl groups excluding tert-OH is 2. The van der Waals surface area contributed by atoms with Crippen LogP contribution in [0.2, 0.25) is 5.02 Å². The Hall–Kier alpha value is -2.79. The largest absolute Gasteiger partial charge is 0.388 e. The van der Waals surface area contributed by atoms with Crippen LogP contribution in [0.3, 0.4) is 0 Å². The van der Waals surface area contributed by atoms with Gasteiger partial charge in [-0.05, 0) is 42.5 Å². The number of hydrogen-bond donors (Lipinski definition) is 3. The van der Waals surface area contributed by atoms with E-state index in [1.54, 1.807) is 17.0 Å². The maximum Gasteiger partial charge on any atom is 0.251 e. The number of piperazine rings is 1. The van der Waals surface area contributed by atoms with Crippen molar-refractivity contribution in [1.29, 1.82) is 0 Å². The van der Waals surface area contributed by atoms with Crippen molar-refractivity contribution in [1.82, 2.24) is 10.2 Å². The topological polar surface area (TPSA) is 102 Å². The highest BCUT2D eigenvalue weighted by atomic mass is 35.5. The van der Waals surface area contributed by atoms with Gasteiger partial charge < -0.3 is 30.1 Å². The van der Waals surface area contributed by atoms with Crippen molar-refractivity contribution >= 4 is 29.1 Å². The number of hydrogen-bond acceptors (Lipinski definition) is 6. The maximum atomic E-state index is 13.3. The molecule has 0 aromatic heterocycles. The quantitative estimate of drug-likeness (QED) is 0.546. The van der Waals surface area contributed by atoms with Gasteiger partial charge >= 0.3 is 0 Å². The summed E-state index contributed by atoms with van der Waals surface area (Å²) in [5.74, 6) is -1.72. The number of anilines is 1. The molecule has 0 bridgehead atoms. The third-order valence-corrected chi connectivity index (χ3v) is 6.60. The molecule has 2 saturated heterocycles. The minimum absolute atomic E-state index is 0.118. The Kier molecular flexibility index (Phi) is 7.85. The van der Waals surface area contributed by atoms with Gasteiger partial charge in [-0.2, -0.15) is 0 Å². The lowest BCUT2D eigenvalue weighted by Gasteiger charge is -2.36. The van der Waals surface area contributed by atoms with E-state index in [2.05, 4.69) is 10.2 Å². The SMILES string of the molecule is O=C(NCC1OC(CC(=O)N2CCN(c3ccc(F)cc3)CC2)C(O)C1O)c1ccc(F)c(Cl)c1. The van der Waals surface area contributed by atoms with Gasteiger partial charge in [-0.1, -0.05) is 11.6 Å². The van der Waals surface area contributed by atoms with Crippen LogP contribution in [0.15, 0.2) is 42.5 Å². The molecule has 4 unspecified atom stereocenters. The summed E-state index contributed by atoms with van der Waals surface area (Å²) in [6.45, 7) is 1.96. The Morgan fingerprint density at radius 2 is 1.66 bits per heavy atom. The molecule has 2 fully saturated rings. The normalized spacial score (nSPS) is 24.5. The van der Waals surface area contributed by atoms with Crippen LogP contribution in [0, 0.1) is 11.6 Å². The first kappa shape index (κ1) is 25.3. The zero-order valence-corrected chi connectivity index (χ0v) is 19.5. The van der Waals surface area contributed by atoms with Gasteiger partial charge in [0.1, 0.15) is 29.9 Å². The molecule has 11 heteroatoms. The van der Waals surface area contributed by atoms with E-state index in [-0.39, 0.29) is 35.3 Å². The van der Waals surface area contributed by atoms with Gasteiger partial charge in [0.15, 0.2) is 0 Å². The molecule has 3 N–H and O–H groups in total. The number of amides is 2. The lowest BCUT2D eigenvalue weighted by molar-refractivity contribution is -0.135. The molecule has 0 spiro atoms. The average Bonchev–Trinajstić information content (AvgIpc) is 3.12. The predicted molar refractivity (Wildman–Crippen MR) is 124 cm³/mol. The van der Waals surface area contributed by atoms with Crippen LogP contribution in [0.25, 0.3) is 0 Å². The number of rotatable bonds is 6. The second kappa shape index (κ2) is 10.9. The highest BCUT2D eigenvalue weighted by Gasteiger charge is 2.44. The fraction of sp³-hybridized carbons (Fsp3) is 0.417. The minimum atomic E-state index is -1.29. The Labute approximate surface area is 206 Å². The third kappa shape index (κ3) is 5.90. The molecular formula is C24H26ClF2N3O5. The van der Waals surface area contributed by atoms with Gasteiger partial charge in [0, 0.05) is 44.0 Å². The van der Waals surface area contributed by atoms with E-state index in [9.17, 15) is 28.6 Å². The van der Waals surface area contributed by atoms with Crippen LogP contribution in [-0.2, 0) is 9.53 Å². The van der Waals surface area contributed by atoms with Crippen LogP contribution in [0.1, 0.15) is 16.8 Å². The van der Waals surface area contributed by atoms with E-state index in [1.165, 1.54) is 24.3 Å². The van der Waals surface area contributed by atoms with E-state index in [0.717, 1.165) is 11.8 Å². The van der Waals surface area contributed by atoms with E-state index < -0.39 is 36.1 Å². The fourth-order valence-electron chi connectivity index (χ4n) is 4.26. The van der Waals surface area contributed by atoms with E-state index in [1.807, 2.05) is 0 Å². The van der Waals surface area contributed by atoms with Gasteiger partial charge in [-0.3, -0.25) is 9.59 Å². The van der Waals surface area contributed by atoms with Gasteiger partial charge in [0.05, 0.1) is 17.5 Å². The minimum Gasteiger partial charge on any atom is -0.388 e. The van der Waals surface area contributed by atoms with Crippen molar-refractivity contribution < 1.29 is 33.3 Å². The fourth-order valence-corrected chi connectivity index (χ4v) is 4.44. The summed E-state index contributed by atoms with van der Waals surface area (Å²) in [7, 11) is 0. The molecular weight excluding hydrogens is 484 g/mol. The Balaban J connectivity index is 1.26. The molecule has 4 atom stereocenters. The molecule has 0 radical (unpaired) electrons. The number of aliphatic hydroxyl groups is 2. The number of nitrogens with zero attached hydrogens (tertiary/aromatic N) is 2. The van der Waals surface area contributed by atoms with E-state index >= 15 is 0 Å². The molecule has 0 saturated carbocycles. The third-order valence-electron chi connectivity index (χ3n) is 6.31. The lowest BCUT2D eigenvalue weighted by Crippen LogP contribution is -2.49. The monoisotopic (exact) mass is 509 g/mol. The maximum absolute atomic E-state index is 13.3. The van der Waals surface area contributed by atoms with Gasteiger partial charge in [0.25, 0.3) is 5.91 Å². The molecule has 0 aliphatic carbocycles. The van der Waals surface area contributed by atoms with E-state index in [4.69, 9.17) is 16.3 Å². The zero-order chi connectivity index (χ0) is 25.1. The molecule has 2 aliphatic rings. The van der Waals surface area contributed by atoms with Crippen LogP contribution in [0.5, 0.6) is 0 Å². The zero-order valence-electron chi connectivity index (χ0n) is 18.7. The smallest absolute Gasteiger partial charge is 0.251 e. The van der Waals surface area contributed by atoms with E-state index in [0.29, 0.717) is 26.2 Å². The molecule has 8 nitrogen and oxygen atoms in total. The average molecular weight is 510 g/mol. The van der Waals surface area contributed by atoms with Crippen molar-refractivity contribution in [2.75, 3.05) is 37.6 Å². The molecule has 188 valence electrons. The summed E-state index contributed by atoms with van der Waals surface area (Å²) in [4.78, 5) is 28.8. The molecule has 2 amide bonds. The second-order valence-electron chi connectivity index (χ2n) is 8.58. The molecule has 2 aliphatic heterocycles. The predicted octanol–water partition coefficient (Wildman–Crippen LogP) is 1.58. The molecule has 2 heterocycles. The summed E-state index contributed by atoms with van der Waals surface area (Å²) in [6, 6.07) is 9.71. The summed E-state index contributed by atoms with van der Waals surface area (Å²) in [6.07, 6.45) is -4.54. The number of carbonyl (C=O) groups excluding carboxylic acids is 2. The van der Waals surface area contributed by atoms with Crippen molar-refractivity contribution in [2.24, 2.45) is 0 Å². The first-order valence-corrected chi connectivity index (χ1v) is 11.6. The van der Waals surface area contributed by atoms with Crippen LogP contribution in [0.4, 0.5) is 14.5 Å². The first-order chi connectivity index (χ1) is 16.7. The summed E-state index contributed by atoms with van der Waals surface area (Å²) < 4.78 is 32.1. The first-order valence-electron chi connectivity index (χ1n) is 11.3. The lowest BCUT2D eigenvalue weighted by atomic mass is 10.0. The summed E-state index contributed by atoms with van der Waals surface area (Å²) in [5.41, 5.74) is 1.01. The highest BCUT2D eigenvalue weighted by molar-refractivity contribution is 6.31. The van der Waals surface area contributed by atoms with Crippen molar-refractivity contribution in [3.05, 3.63) is 64.7 Å².